The molecule has 0 saturated carbocycles. The van der Waals surface area contributed by atoms with E-state index in [2.05, 4.69) is 15.2 Å². The molecular formula is C9H15N3O2S. The monoisotopic (exact) mass is 229 g/mol. The van der Waals surface area contributed by atoms with Crippen molar-refractivity contribution in [3.05, 3.63) is 5.82 Å². The van der Waals surface area contributed by atoms with Crippen LogP contribution in [-0.2, 0) is 16.0 Å². The second-order valence-corrected chi connectivity index (χ2v) is 4.19. The van der Waals surface area contributed by atoms with Crippen LogP contribution >= 0.6 is 11.8 Å². The summed E-state index contributed by atoms with van der Waals surface area (Å²) in [6.07, 6.45) is 0.737. The Morgan fingerprint density at radius 3 is 2.87 bits per heavy atom. The molecule has 84 valence electrons. The zero-order valence-corrected chi connectivity index (χ0v) is 9.93. The molecule has 0 unspecified atom stereocenters. The van der Waals surface area contributed by atoms with Crippen LogP contribution in [0.2, 0.25) is 0 Å². The van der Waals surface area contributed by atoms with Gasteiger partial charge in [-0.1, -0.05) is 18.7 Å². The molecule has 0 aliphatic carbocycles. The van der Waals surface area contributed by atoms with E-state index in [-0.39, 0.29) is 17.8 Å². The number of carbonyl (C=O) groups is 1. The molecule has 0 amide bonds. The lowest BCUT2D eigenvalue weighted by Gasteiger charge is -2.05. The van der Waals surface area contributed by atoms with Crippen molar-refractivity contribution in [3.8, 4) is 0 Å². The number of nitrogens with one attached hydrogen (secondary N) is 1. The first-order valence-corrected chi connectivity index (χ1v) is 5.84. The number of carbonyl (C=O) groups excluding carboxylic acids is 1. The molecule has 1 aromatic heterocycles. The van der Waals surface area contributed by atoms with E-state index in [1.807, 2.05) is 20.8 Å². The van der Waals surface area contributed by atoms with Crippen molar-refractivity contribution < 1.29 is 9.53 Å². The summed E-state index contributed by atoms with van der Waals surface area (Å²) in [6.45, 7) is 5.64. The number of nitrogens with zero attached hydrogens (tertiary/aromatic N) is 2. The highest BCUT2D eigenvalue weighted by molar-refractivity contribution is 7.99. The molecule has 0 spiro atoms. The Labute approximate surface area is 93.0 Å². The van der Waals surface area contributed by atoms with E-state index in [0.717, 1.165) is 12.2 Å². The van der Waals surface area contributed by atoms with Crippen molar-refractivity contribution in [2.45, 2.75) is 38.5 Å². The van der Waals surface area contributed by atoms with Crippen LogP contribution in [0, 0.1) is 0 Å². The minimum absolute atomic E-state index is 0.0727. The molecule has 0 bridgehead atoms. The van der Waals surface area contributed by atoms with E-state index in [4.69, 9.17) is 4.74 Å². The molecule has 6 heteroatoms. The maximum absolute atomic E-state index is 11.2. The first kappa shape index (κ1) is 12.0. The molecule has 0 radical (unpaired) electrons. The fourth-order valence-corrected chi connectivity index (χ4v) is 1.52. The van der Waals surface area contributed by atoms with E-state index in [1.54, 1.807) is 0 Å². The topological polar surface area (TPSA) is 67.9 Å². The van der Waals surface area contributed by atoms with Gasteiger partial charge in [-0.05, 0) is 13.8 Å². The number of hydrogen-bond donors (Lipinski definition) is 1. The standard InChI is InChI=1S/C9H15N3O2S/c1-4-7-10-9(12-11-7)15-5-8(13)14-6(2)3/h6H,4-5H2,1-3H3,(H,10,11,12). The minimum atomic E-state index is -0.238. The largest absolute Gasteiger partial charge is 0.462 e. The molecule has 0 fully saturated rings. The van der Waals surface area contributed by atoms with E-state index >= 15 is 0 Å². The van der Waals surface area contributed by atoms with Crippen molar-refractivity contribution in [2.75, 3.05) is 5.75 Å². The SMILES string of the molecule is CCc1nc(SCC(=O)OC(C)C)n[nH]1. The van der Waals surface area contributed by atoms with Gasteiger partial charge in [-0.15, -0.1) is 5.10 Å². The Hall–Kier alpha value is -1.04. The second kappa shape index (κ2) is 5.75. The predicted molar refractivity (Wildman–Crippen MR) is 57.7 cm³/mol. The van der Waals surface area contributed by atoms with E-state index < -0.39 is 0 Å². The summed E-state index contributed by atoms with van der Waals surface area (Å²) >= 11 is 1.28. The lowest BCUT2D eigenvalue weighted by molar-refractivity contribution is -0.144. The molecule has 0 aromatic carbocycles. The van der Waals surface area contributed by atoms with Crippen molar-refractivity contribution in [2.24, 2.45) is 0 Å². The maximum Gasteiger partial charge on any atom is 0.316 e. The second-order valence-electron chi connectivity index (χ2n) is 3.25. The van der Waals surface area contributed by atoms with Crippen LogP contribution in [0.5, 0.6) is 0 Å². The van der Waals surface area contributed by atoms with Gasteiger partial charge in [-0.2, -0.15) is 0 Å². The summed E-state index contributed by atoms with van der Waals surface area (Å²) in [5.74, 6) is 0.840. The highest BCUT2D eigenvalue weighted by Gasteiger charge is 2.09. The molecule has 1 aromatic rings. The summed E-state index contributed by atoms with van der Waals surface area (Å²) in [7, 11) is 0. The number of rotatable bonds is 5. The van der Waals surface area contributed by atoms with E-state index in [0.29, 0.717) is 5.16 Å². The maximum atomic E-state index is 11.2. The third-order valence-electron chi connectivity index (χ3n) is 1.53. The Balaban J connectivity index is 2.33. The van der Waals surface area contributed by atoms with Gasteiger partial charge in [-0.3, -0.25) is 9.89 Å². The first-order valence-electron chi connectivity index (χ1n) is 4.85. The average molecular weight is 229 g/mol. The number of aromatic amines is 1. The normalized spacial score (nSPS) is 10.7. The molecule has 0 saturated heterocycles. The van der Waals surface area contributed by atoms with Crippen LogP contribution in [0.25, 0.3) is 0 Å². The van der Waals surface area contributed by atoms with Crippen LogP contribution < -0.4 is 0 Å². The highest BCUT2D eigenvalue weighted by Crippen LogP contribution is 2.12. The Morgan fingerprint density at radius 2 is 2.33 bits per heavy atom. The third kappa shape index (κ3) is 4.33. The number of aryl methyl sites for hydroxylation is 1. The van der Waals surface area contributed by atoms with Crippen molar-refractivity contribution >= 4 is 17.7 Å². The summed E-state index contributed by atoms with van der Waals surface area (Å²) in [4.78, 5) is 15.4. The third-order valence-corrected chi connectivity index (χ3v) is 2.35. The summed E-state index contributed by atoms with van der Waals surface area (Å²) in [6, 6.07) is 0. The molecule has 0 aliphatic rings. The van der Waals surface area contributed by atoms with Gasteiger partial charge in [0, 0.05) is 6.42 Å². The predicted octanol–water partition coefficient (Wildman–Crippen LogP) is 1.41. The molecular weight excluding hydrogens is 214 g/mol. The summed E-state index contributed by atoms with van der Waals surface area (Å²) in [5.41, 5.74) is 0. The Bertz CT molecular complexity index is 325. The summed E-state index contributed by atoms with van der Waals surface area (Å²) in [5, 5.41) is 7.33. The number of ether oxygens (including phenoxy) is 1. The van der Waals surface area contributed by atoms with Gasteiger partial charge < -0.3 is 4.74 Å². The lowest BCUT2D eigenvalue weighted by atomic mass is 10.5. The lowest BCUT2D eigenvalue weighted by Crippen LogP contribution is -2.13. The fraction of sp³-hybridized carbons (Fsp3) is 0.667. The van der Waals surface area contributed by atoms with Gasteiger partial charge in [0.25, 0.3) is 0 Å². The Kier molecular flexibility index (Phi) is 4.61. The first-order chi connectivity index (χ1) is 7.11. The zero-order chi connectivity index (χ0) is 11.3. The van der Waals surface area contributed by atoms with Crippen molar-refractivity contribution in [1.82, 2.24) is 15.2 Å². The molecule has 1 heterocycles. The van der Waals surface area contributed by atoms with Crippen molar-refractivity contribution in [3.63, 3.8) is 0 Å². The molecule has 1 rings (SSSR count). The zero-order valence-electron chi connectivity index (χ0n) is 9.11. The van der Waals surface area contributed by atoms with Crippen LogP contribution in [0.15, 0.2) is 5.16 Å². The van der Waals surface area contributed by atoms with E-state index in [9.17, 15) is 4.79 Å². The number of H-pyrrole nitrogens is 1. The number of thioether (sulfide) groups is 1. The number of hydrogen-bond acceptors (Lipinski definition) is 5. The molecule has 5 nitrogen and oxygen atoms in total. The molecule has 0 aliphatic heterocycles. The average Bonchev–Trinajstić information content (AvgIpc) is 2.61. The molecule has 1 N–H and O–H groups in total. The van der Waals surface area contributed by atoms with Crippen LogP contribution in [0.4, 0.5) is 0 Å². The van der Waals surface area contributed by atoms with Gasteiger partial charge in [0.05, 0.1) is 11.9 Å². The van der Waals surface area contributed by atoms with E-state index in [1.165, 1.54) is 11.8 Å². The van der Waals surface area contributed by atoms with Gasteiger partial charge in [-0.25, -0.2) is 4.98 Å². The van der Waals surface area contributed by atoms with Crippen molar-refractivity contribution in [1.29, 1.82) is 0 Å². The minimum Gasteiger partial charge on any atom is -0.462 e. The fourth-order valence-electron chi connectivity index (χ4n) is 0.921. The highest BCUT2D eigenvalue weighted by atomic mass is 32.2. The van der Waals surface area contributed by atoms with Crippen LogP contribution in [0.1, 0.15) is 26.6 Å². The number of esters is 1. The van der Waals surface area contributed by atoms with Gasteiger partial charge in [0.2, 0.25) is 5.16 Å². The Morgan fingerprint density at radius 1 is 1.60 bits per heavy atom. The quantitative estimate of drug-likeness (QED) is 0.610. The van der Waals surface area contributed by atoms with Gasteiger partial charge in [0.1, 0.15) is 5.82 Å². The van der Waals surface area contributed by atoms with Gasteiger partial charge in [0.15, 0.2) is 0 Å². The molecule has 0 atom stereocenters. The smallest absolute Gasteiger partial charge is 0.316 e. The molecule has 15 heavy (non-hydrogen) atoms. The van der Waals surface area contributed by atoms with Crippen LogP contribution in [-0.4, -0.2) is 33.0 Å². The van der Waals surface area contributed by atoms with Gasteiger partial charge >= 0.3 is 5.97 Å². The summed E-state index contributed by atoms with van der Waals surface area (Å²) < 4.78 is 4.98. The number of aromatic nitrogens is 3. The van der Waals surface area contributed by atoms with Crippen LogP contribution in [0.3, 0.4) is 0 Å².